The van der Waals surface area contributed by atoms with Gasteiger partial charge in [0.1, 0.15) is 19.0 Å². The monoisotopic (exact) mass is 409 g/mol. The molecular formula is C22H16FNO6. The van der Waals surface area contributed by atoms with Gasteiger partial charge in [-0.25, -0.2) is 9.18 Å². The van der Waals surface area contributed by atoms with E-state index >= 15 is 0 Å². The van der Waals surface area contributed by atoms with E-state index in [1.54, 1.807) is 18.2 Å². The summed E-state index contributed by atoms with van der Waals surface area (Å²) in [6.45, 7) is -0.139. The number of halogens is 1. The van der Waals surface area contributed by atoms with Gasteiger partial charge >= 0.3 is 5.97 Å². The summed E-state index contributed by atoms with van der Waals surface area (Å²) in [7, 11) is 0. The van der Waals surface area contributed by atoms with Crippen molar-refractivity contribution in [2.75, 3.05) is 13.2 Å². The van der Waals surface area contributed by atoms with Crippen molar-refractivity contribution in [3.05, 3.63) is 89.1 Å². The fourth-order valence-corrected chi connectivity index (χ4v) is 3.05. The van der Waals surface area contributed by atoms with Crippen LogP contribution < -0.4 is 4.74 Å². The molecule has 2 amide bonds. The Morgan fingerprint density at radius 1 is 0.967 bits per heavy atom. The SMILES string of the molecule is O=C(OCCOc1ccccc1F)c1ccc2c(c1)C(=O)N(Cc1ccco1)C2=O. The van der Waals surface area contributed by atoms with Crippen LogP contribution in [0.15, 0.2) is 65.3 Å². The van der Waals surface area contributed by atoms with Crippen molar-refractivity contribution in [3.8, 4) is 5.75 Å². The van der Waals surface area contributed by atoms with Gasteiger partial charge in [0.05, 0.1) is 29.5 Å². The van der Waals surface area contributed by atoms with Gasteiger partial charge < -0.3 is 13.9 Å². The van der Waals surface area contributed by atoms with E-state index in [0.717, 1.165) is 4.90 Å². The third-order valence-corrected chi connectivity index (χ3v) is 4.51. The van der Waals surface area contributed by atoms with E-state index in [4.69, 9.17) is 13.9 Å². The van der Waals surface area contributed by atoms with Gasteiger partial charge in [-0.1, -0.05) is 12.1 Å². The average Bonchev–Trinajstić information content (AvgIpc) is 3.35. The smallest absolute Gasteiger partial charge is 0.338 e. The fourth-order valence-electron chi connectivity index (χ4n) is 3.05. The summed E-state index contributed by atoms with van der Waals surface area (Å²) in [6.07, 6.45) is 1.46. The van der Waals surface area contributed by atoms with E-state index in [1.165, 1.54) is 42.7 Å². The highest BCUT2D eigenvalue weighted by Gasteiger charge is 2.36. The molecule has 2 aromatic carbocycles. The van der Waals surface area contributed by atoms with E-state index in [9.17, 15) is 18.8 Å². The van der Waals surface area contributed by atoms with Crippen LogP contribution in [0.25, 0.3) is 0 Å². The third kappa shape index (κ3) is 3.80. The van der Waals surface area contributed by atoms with Crippen molar-refractivity contribution in [1.82, 2.24) is 4.90 Å². The van der Waals surface area contributed by atoms with E-state index in [0.29, 0.717) is 5.76 Å². The number of furan rings is 1. The molecule has 0 aliphatic carbocycles. The normalized spacial score (nSPS) is 12.8. The third-order valence-electron chi connectivity index (χ3n) is 4.51. The number of nitrogens with zero attached hydrogens (tertiary/aromatic N) is 1. The number of hydrogen-bond donors (Lipinski definition) is 0. The largest absolute Gasteiger partial charge is 0.487 e. The first-order valence-corrected chi connectivity index (χ1v) is 9.11. The van der Waals surface area contributed by atoms with E-state index in [2.05, 4.69) is 0 Å². The number of carbonyl (C=O) groups excluding carboxylic acids is 3. The number of imide groups is 1. The first-order valence-electron chi connectivity index (χ1n) is 9.11. The van der Waals surface area contributed by atoms with Crippen LogP contribution in [-0.2, 0) is 11.3 Å². The molecular weight excluding hydrogens is 393 g/mol. The number of esters is 1. The van der Waals surface area contributed by atoms with Crippen molar-refractivity contribution in [3.63, 3.8) is 0 Å². The molecule has 0 saturated carbocycles. The Morgan fingerprint density at radius 2 is 1.77 bits per heavy atom. The molecule has 4 rings (SSSR count). The molecule has 0 saturated heterocycles. The van der Waals surface area contributed by atoms with E-state index in [-0.39, 0.29) is 42.2 Å². The highest BCUT2D eigenvalue weighted by molar-refractivity contribution is 6.21. The maximum atomic E-state index is 13.5. The Kier molecular flexibility index (Phi) is 5.30. The van der Waals surface area contributed by atoms with Gasteiger partial charge in [0, 0.05) is 0 Å². The lowest BCUT2D eigenvalue weighted by atomic mass is 10.1. The lowest BCUT2D eigenvalue weighted by molar-refractivity contribution is 0.0448. The summed E-state index contributed by atoms with van der Waals surface area (Å²) < 4.78 is 29.0. The van der Waals surface area contributed by atoms with Crippen molar-refractivity contribution in [2.24, 2.45) is 0 Å². The predicted molar refractivity (Wildman–Crippen MR) is 102 cm³/mol. The summed E-state index contributed by atoms with van der Waals surface area (Å²) in [5, 5.41) is 0. The van der Waals surface area contributed by atoms with Crippen LogP contribution in [0, 0.1) is 5.82 Å². The summed E-state index contributed by atoms with van der Waals surface area (Å²) in [6, 6.07) is 13.4. The molecule has 0 fully saturated rings. The molecule has 0 atom stereocenters. The minimum atomic E-state index is -0.681. The molecule has 0 unspecified atom stereocenters. The zero-order valence-electron chi connectivity index (χ0n) is 15.7. The highest BCUT2D eigenvalue weighted by Crippen LogP contribution is 2.26. The van der Waals surface area contributed by atoms with Crippen molar-refractivity contribution in [1.29, 1.82) is 0 Å². The van der Waals surface area contributed by atoms with E-state index in [1.807, 2.05) is 0 Å². The lowest BCUT2D eigenvalue weighted by Gasteiger charge is -2.11. The summed E-state index contributed by atoms with van der Waals surface area (Å²) in [5.74, 6) is -1.62. The standard InChI is InChI=1S/C22H16FNO6/c23-18-5-1-2-6-19(18)29-10-11-30-22(27)14-7-8-16-17(12-14)21(26)24(20(16)25)13-15-4-3-9-28-15/h1-9,12H,10-11,13H2. The number of hydrogen-bond acceptors (Lipinski definition) is 6. The molecule has 152 valence electrons. The molecule has 0 bridgehead atoms. The molecule has 0 N–H and O–H groups in total. The topological polar surface area (TPSA) is 86.1 Å². The van der Waals surface area contributed by atoms with Crippen molar-refractivity contribution >= 4 is 17.8 Å². The first kappa shape index (κ1) is 19.4. The van der Waals surface area contributed by atoms with Crippen LogP contribution in [0.5, 0.6) is 5.75 Å². The lowest BCUT2D eigenvalue weighted by Crippen LogP contribution is -2.28. The summed E-state index contributed by atoms with van der Waals surface area (Å²) in [5.41, 5.74) is 0.468. The Morgan fingerprint density at radius 3 is 2.53 bits per heavy atom. The Labute approximate surface area is 170 Å². The second kappa shape index (κ2) is 8.20. The number of ether oxygens (including phenoxy) is 2. The molecule has 3 aromatic rings. The molecule has 1 aliphatic rings. The molecule has 30 heavy (non-hydrogen) atoms. The maximum Gasteiger partial charge on any atom is 0.338 e. The second-order valence-electron chi connectivity index (χ2n) is 6.45. The summed E-state index contributed by atoms with van der Waals surface area (Å²) in [4.78, 5) is 38.4. The molecule has 2 heterocycles. The predicted octanol–water partition coefficient (Wildman–Crippen LogP) is 3.45. The number of para-hydroxylation sites is 1. The minimum Gasteiger partial charge on any atom is -0.487 e. The summed E-state index contributed by atoms with van der Waals surface area (Å²) >= 11 is 0. The minimum absolute atomic E-state index is 0.00646. The van der Waals surface area contributed by atoms with Gasteiger partial charge in [0.25, 0.3) is 11.8 Å². The first-order chi connectivity index (χ1) is 14.5. The maximum absolute atomic E-state index is 13.5. The zero-order valence-corrected chi connectivity index (χ0v) is 15.7. The van der Waals surface area contributed by atoms with Gasteiger partial charge in [-0.15, -0.1) is 0 Å². The van der Waals surface area contributed by atoms with Gasteiger partial charge in [-0.05, 0) is 42.5 Å². The van der Waals surface area contributed by atoms with Gasteiger partial charge in [-0.2, -0.15) is 0 Å². The quantitative estimate of drug-likeness (QED) is 0.338. The van der Waals surface area contributed by atoms with Crippen molar-refractivity contribution in [2.45, 2.75) is 6.54 Å². The number of carbonyl (C=O) groups is 3. The second-order valence-corrected chi connectivity index (χ2v) is 6.45. The fraction of sp³-hybridized carbons (Fsp3) is 0.136. The molecule has 0 spiro atoms. The van der Waals surface area contributed by atoms with Crippen LogP contribution in [0.3, 0.4) is 0 Å². The van der Waals surface area contributed by atoms with Gasteiger partial charge in [0.2, 0.25) is 0 Å². The van der Waals surface area contributed by atoms with Crippen LogP contribution in [0.1, 0.15) is 36.8 Å². The van der Waals surface area contributed by atoms with Crippen LogP contribution in [0.4, 0.5) is 4.39 Å². The molecule has 1 aromatic heterocycles. The average molecular weight is 409 g/mol. The highest BCUT2D eigenvalue weighted by atomic mass is 19.1. The number of rotatable bonds is 7. The van der Waals surface area contributed by atoms with Gasteiger partial charge in [0.15, 0.2) is 11.6 Å². The van der Waals surface area contributed by atoms with Crippen LogP contribution in [-0.4, -0.2) is 35.9 Å². The Hall–Kier alpha value is -3.94. The molecule has 8 heteroatoms. The van der Waals surface area contributed by atoms with Crippen LogP contribution in [0.2, 0.25) is 0 Å². The molecule has 7 nitrogen and oxygen atoms in total. The molecule has 0 radical (unpaired) electrons. The van der Waals surface area contributed by atoms with E-state index < -0.39 is 23.6 Å². The Balaban J connectivity index is 1.38. The number of amides is 2. The van der Waals surface area contributed by atoms with Crippen LogP contribution >= 0.6 is 0 Å². The number of fused-ring (bicyclic) bond motifs is 1. The number of benzene rings is 2. The molecule has 1 aliphatic heterocycles. The zero-order chi connectivity index (χ0) is 21.1. The van der Waals surface area contributed by atoms with Gasteiger partial charge in [-0.3, -0.25) is 14.5 Å². The Bertz CT molecular complexity index is 1110. The van der Waals surface area contributed by atoms with Crippen molar-refractivity contribution < 1.29 is 32.7 Å².